The fourth-order valence-corrected chi connectivity index (χ4v) is 2.70. The maximum absolute atomic E-state index is 12.0. The highest BCUT2D eigenvalue weighted by atomic mass is 32.2. The largest absolute Gasteiger partial charge is 0.294 e. The smallest absolute Gasteiger partial charge is 0.162 e. The lowest BCUT2D eigenvalue weighted by Gasteiger charge is -2.02. The van der Waals surface area contributed by atoms with Crippen LogP contribution in [0.3, 0.4) is 0 Å². The van der Waals surface area contributed by atoms with E-state index in [1.807, 2.05) is 61.2 Å². The van der Waals surface area contributed by atoms with Gasteiger partial charge >= 0.3 is 0 Å². The minimum atomic E-state index is 0.244. The van der Waals surface area contributed by atoms with E-state index in [0.717, 1.165) is 17.7 Å². The van der Waals surface area contributed by atoms with Crippen molar-refractivity contribution in [2.75, 3.05) is 5.75 Å². The van der Waals surface area contributed by atoms with Crippen molar-refractivity contribution >= 4 is 17.5 Å². The molecule has 2 rings (SSSR count). The van der Waals surface area contributed by atoms with Crippen LogP contribution in [0, 0.1) is 6.92 Å². The summed E-state index contributed by atoms with van der Waals surface area (Å²) in [5.41, 5.74) is 2.02. The van der Waals surface area contributed by atoms with Gasteiger partial charge in [-0.2, -0.15) is 0 Å². The lowest BCUT2D eigenvalue weighted by Crippen LogP contribution is -1.99. The summed E-state index contributed by atoms with van der Waals surface area (Å²) in [6.07, 6.45) is 1.55. The molecule has 2 heteroatoms. The van der Waals surface area contributed by atoms with Crippen molar-refractivity contribution < 1.29 is 4.79 Å². The van der Waals surface area contributed by atoms with Gasteiger partial charge in [0.25, 0.3) is 0 Å². The summed E-state index contributed by atoms with van der Waals surface area (Å²) in [6, 6.07) is 18.1. The summed E-state index contributed by atoms with van der Waals surface area (Å²) in [7, 11) is 0. The van der Waals surface area contributed by atoms with Crippen LogP contribution >= 0.6 is 11.8 Å². The van der Waals surface area contributed by atoms with Crippen molar-refractivity contribution in [3.8, 4) is 0 Å². The molecule has 2 aromatic carbocycles. The molecule has 0 bridgehead atoms. The van der Waals surface area contributed by atoms with E-state index in [0.29, 0.717) is 6.42 Å². The Labute approximate surface area is 119 Å². The predicted molar refractivity (Wildman–Crippen MR) is 81.9 cm³/mol. The van der Waals surface area contributed by atoms with Gasteiger partial charge in [0.1, 0.15) is 0 Å². The first-order valence-corrected chi connectivity index (χ1v) is 7.52. The molecule has 0 aliphatic rings. The molecule has 0 N–H and O–H groups in total. The molecular formula is C17H18OS. The van der Waals surface area contributed by atoms with Crippen molar-refractivity contribution in [2.45, 2.75) is 24.7 Å². The second kappa shape index (κ2) is 7.15. The first-order chi connectivity index (χ1) is 9.25. The average Bonchev–Trinajstić information content (AvgIpc) is 2.45. The monoisotopic (exact) mass is 270 g/mol. The van der Waals surface area contributed by atoms with Gasteiger partial charge in [-0.1, -0.05) is 48.0 Å². The number of hydrogen-bond acceptors (Lipinski definition) is 2. The van der Waals surface area contributed by atoms with Crippen LogP contribution in [-0.4, -0.2) is 11.5 Å². The molecule has 0 aromatic heterocycles. The summed E-state index contributed by atoms with van der Waals surface area (Å²) in [4.78, 5) is 13.2. The van der Waals surface area contributed by atoms with E-state index in [2.05, 4.69) is 12.1 Å². The molecule has 2 aromatic rings. The molecule has 0 spiro atoms. The Hall–Kier alpha value is -1.54. The third-order valence-electron chi connectivity index (χ3n) is 2.93. The Morgan fingerprint density at radius 1 is 1.00 bits per heavy atom. The van der Waals surface area contributed by atoms with E-state index in [-0.39, 0.29) is 5.78 Å². The third kappa shape index (κ3) is 4.56. The number of rotatable bonds is 6. The summed E-state index contributed by atoms with van der Waals surface area (Å²) >= 11 is 1.81. The van der Waals surface area contributed by atoms with Crippen LogP contribution in [0.15, 0.2) is 59.5 Å². The first-order valence-electron chi connectivity index (χ1n) is 6.53. The van der Waals surface area contributed by atoms with Gasteiger partial charge in [-0.3, -0.25) is 4.79 Å². The maximum Gasteiger partial charge on any atom is 0.162 e. The summed E-state index contributed by atoms with van der Waals surface area (Å²) in [6.45, 7) is 2.03. The van der Waals surface area contributed by atoms with Gasteiger partial charge in [-0.05, 0) is 31.2 Å². The fraction of sp³-hybridized carbons (Fsp3) is 0.235. The zero-order valence-electron chi connectivity index (χ0n) is 11.1. The van der Waals surface area contributed by atoms with Crippen LogP contribution in [-0.2, 0) is 0 Å². The Morgan fingerprint density at radius 3 is 2.37 bits per heavy atom. The van der Waals surface area contributed by atoms with Crippen molar-refractivity contribution in [3.63, 3.8) is 0 Å². The number of carbonyl (C=O) groups excluding carboxylic acids is 1. The second-order valence-electron chi connectivity index (χ2n) is 4.55. The molecule has 0 saturated carbocycles. The van der Waals surface area contributed by atoms with Gasteiger partial charge in [-0.15, -0.1) is 11.8 Å². The molecule has 0 fully saturated rings. The average molecular weight is 270 g/mol. The maximum atomic E-state index is 12.0. The molecule has 0 saturated heterocycles. The Bertz CT molecular complexity index is 517. The van der Waals surface area contributed by atoms with Crippen molar-refractivity contribution in [2.24, 2.45) is 0 Å². The Morgan fingerprint density at radius 2 is 1.68 bits per heavy atom. The van der Waals surface area contributed by atoms with Crippen LogP contribution in [0.5, 0.6) is 0 Å². The normalized spacial score (nSPS) is 10.4. The molecule has 0 radical (unpaired) electrons. The number of benzene rings is 2. The van der Waals surface area contributed by atoms with Crippen LogP contribution < -0.4 is 0 Å². The summed E-state index contributed by atoms with van der Waals surface area (Å²) < 4.78 is 0. The molecule has 0 aliphatic heterocycles. The van der Waals surface area contributed by atoms with E-state index >= 15 is 0 Å². The van der Waals surface area contributed by atoms with Crippen molar-refractivity contribution in [3.05, 3.63) is 65.7 Å². The van der Waals surface area contributed by atoms with Gasteiger partial charge in [0, 0.05) is 16.9 Å². The highest BCUT2D eigenvalue weighted by molar-refractivity contribution is 7.99. The van der Waals surface area contributed by atoms with E-state index in [1.54, 1.807) is 0 Å². The second-order valence-corrected chi connectivity index (χ2v) is 5.72. The number of Topliss-reactive ketones (excluding diaryl/α,β-unsaturated/α-hetero) is 1. The molecule has 0 aliphatic carbocycles. The molecule has 0 atom stereocenters. The standard InChI is InChI=1S/C17H18OS/c1-14-9-11-15(12-10-14)17(18)8-5-13-19-16-6-3-2-4-7-16/h2-4,6-7,9-12H,5,8,13H2,1H3. The molecule has 0 heterocycles. The molecule has 1 nitrogen and oxygen atoms in total. The first kappa shape index (κ1) is 13.9. The van der Waals surface area contributed by atoms with E-state index in [9.17, 15) is 4.79 Å². The third-order valence-corrected chi connectivity index (χ3v) is 4.03. The zero-order valence-corrected chi connectivity index (χ0v) is 12.0. The summed E-state index contributed by atoms with van der Waals surface area (Å²) in [5, 5.41) is 0. The summed E-state index contributed by atoms with van der Waals surface area (Å²) in [5.74, 6) is 1.23. The van der Waals surface area contributed by atoms with Gasteiger partial charge < -0.3 is 0 Å². The number of hydrogen-bond donors (Lipinski definition) is 0. The van der Waals surface area contributed by atoms with Crippen LogP contribution in [0.1, 0.15) is 28.8 Å². The van der Waals surface area contributed by atoms with Crippen LogP contribution in [0.2, 0.25) is 0 Å². The fourth-order valence-electron chi connectivity index (χ4n) is 1.82. The number of carbonyl (C=O) groups is 1. The highest BCUT2D eigenvalue weighted by Crippen LogP contribution is 2.19. The minimum absolute atomic E-state index is 0.244. The number of ketones is 1. The molecule has 98 valence electrons. The van der Waals surface area contributed by atoms with Gasteiger partial charge in [0.2, 0.25) is 0 Å². The van der Waals surface area contributed by atoms with E-state index in [4.69, 9.17) is 0 Å². The Kier molecular flexibility index (Phi) is 5.22. The molecule has 0 unspecified atom stereocenters. The molecule has 0 amide bonds. The topological polar surface area (TPSA) is 17.1 Å². The van der Waals surface area contributed by atoms with Gasteiger partial charge in [0.15, 0.2) is 5.78 Å². The predicted octanol–water partition coefficient (Wildman–Crippen LogP) is 4.75. The van der Waals surface area contributed by atoms with Gasteiger partial charge in [-0.25, -0.2) is 0 Å². The zero-order chi connectivity index (χ0) is 13.5. The minimum Gasteiger partial charge on any atom is -0.294 e. The van der Waals surface area contributed by atoms with Gasteiger partial charge in [0.05, 0.1) is 0 Å². The lowest BCUT2D eigenvalue weighted by atomic mass is 10.1. The van der Waals surface area contributed by atoms with E-state index in [1.165, 1.54) is 10.5 Å². The lowest BCUT2D eigenvalue weighted by molar-refractivity contribution is 0.0982. The number of thioether (sulfide) groups is 1. The SMILES string of the molecule is Cc1ccc(C(=O)CCCSc2ccccc2)cc1. The highest BCUT2D eigenvalue weighted by Gasteiger charge is 2.05. The van der Waals surface area contributed by atoms with Crippen LogP contribution in [0.25, 0.3) is 0 Å². The molecule has 19 heavy (non-hydrogen) atoms. The van der Waals surface area contributed by atoms with Crippen molar-refractivity contribution in [1.82, 2.24) is 0 Å². The van der Waals surface area contributed by atoms with Crippen molar-refractivity contribution in [1.29, 1.82) is 0 Å². The Balaban J connectivity index is 1.74. The number of aryl methyl sites for hydroxylation is 1. The van der Waals surface area contributed by atoms with E-state index < -0.39 is 0 Å². The molecular weight excluding hydrogens is 252 g/mol. The quantitative estimate of drug-likeness (QED) is 0.428. The van der Waals surface area contributed by atoms with Crippen LogP contribution in [0.4, 0.5) is 0 Å².